The van der Waals surface area contributed by atoms with Crippen LogP contribution in [-0.4, -0.2) is 30.8 Å². The van der Waals surface area contributed by atoms with Gasteiger partial charge in [0.05, 0.1) is 18.6 Å². The molecule has 2 aliphatic carbocycles. The Morgan fingerprint density at radius 3 is 2.07 bits per heavy atom. The van der Waals surface area contributed by atoms with Crippen molar-refractivity contribution in [2.45, 2.75) is 83.7 Å². The first-order valence-corrected chi connectivity index (χ1v) is 10.5. The molecule has 0 radical (unpaired) electrons. The van der Waals surface area contributed by atoms with Gasteiger partial charge in [-0.15, -0.1) is 0 Å². The van der Waals surface area contributed by atoms with Gasteiger partial charge in [0.25, 0.3) is 0 Å². The van der Waals surface area contributed by atoms with E-state index in [1.54, 1.807) is 0 Å². The van der Waals surface area contributed by atoms with Crippen LogP contribution in [0.5, 0.6) is 0 Å². The Labute approximate surface area is 159 Å². The van der Waals surface area contributed by atoms with E-state index >= 15 is 0 Å². The number of hydrogen-bond donors (Lipinski definition) is 0. The molecule has 6 heteroatoms. The van der Waals surface area contributed by atoms with E-state index in [9.17, 15) is 22.4 Å². The lowest BCUT2D eigenvalue weighted by atomic mass is 9.66. The van der Waals surface area contributed by atoms with Crippen LogP contribution >= 0.6 is 0 Å². The molecule has 1 saturated heterocycles. The van der Waals surface area contributed by atoms with Gasteiger partial charge < -0.3 is 4.74 Å². The predicted octanol–water partition coefficient (Wildman–Crippen LogP) is 5.74. The Morgan fingerprint density at radius 2 is 1.52 bits per heavy atom. The molecule has 3 rings (SSSR count). The second-order valence-corrected chi connectivity index (χ2v) is 9.17. The van der Waals surface area contributed by atoms with Crippen molar-refractivity contribution in [3.8, 4) is 0 Å². The average Bonchev–Trinajstić information content (AvgIpc) is 2.63. The van der Waals surface area contributed by atoms with Crippen molar-refractivity contribution in [1.82, 2.24) is 0 Å². The molecule has 3 fully saturated rings. The third-order valence-electron chi connectivity index (χ3n) is 7.38. The summed E-state index contributed by atoms with van der Waals surface area (Å²) in [5.74, 6) is -3.62. The maximum Gasteiger partial charge on any atom is 0.395 e. The topological polar surface area (TPSA) is 26.3 Å². The first-order valence-electron chi connectivity index (χ1n) is 10.5. The second kappa shape index (κ2) is 8.38. The van der Waals surface area contributed by atoms with Gasteiger partial charge in [0, 0.05) is 11.8 Å². The lowest BCUT2D eigenvalue weighted by molar-refractivity contribution is -0.220. The molecule has 156 valence electrons. The van der Waals surface area contributed by atoms with Crippen LogP contribution in [0.4, 0.5) is 17.6 Å². The zero-order valence-corrected chi connectivity index (χ0v) is 16.3. The molecular formula is C21H32F4O2. The van der Waals surface area contributed by atoms with Crippen LogP contribution < -0.4 is 0 Å². The van der Waals surface area contributed by atoms with Crippen molar-refractivity contribution in [2.75, 3.05) is 6.61 Å². The number of Topliss-reactive ketones (excluding diaryl/α,β-unsaturated/α-hetero) is 1. The normalized spacial score (nSPS) is 44.1. The van der Waals surface area contributed by atoms with Gasteiger partial charge in [-0.25, -0.2) is 4.39 Å². The quantitative estimate of drug-likeness (QED) is 0.573. The third kappa shape index (κ3) is 4.68. The molecule has 27 heavy (non-hydrogen) atoms. The van der Waals surface area contributed by atoms with Crippen molar-refractivity contribution < 1.29 is 27.1 Å². The Hall–Kier alpha value is -0.650. The molecule has 1 aliphatic heterocycles. The Kier molecular flexibility index (Phi) is 6.54. The van der Waals surface area contributed by atoms with Crippen LogP contribution in [0.1, 0.15) is 65.2 Å². The maximum atomic E-state index is 14.4. The van der Waals surface area contributed by atoms with Gasteiger partial charge in [-0.2, -0.15) is 13.2 Å². The highest BCUT2D eigenvalue weighted by Crippen LogP contribution is 2.48. The summed E-state index contributed by atoms with van der Waals surface area (Å²) in [6, 6.07) is 0. The number of rotatable bonds is 3. The minimum absolute atomic E-state index is 0.166. The molecule has 0 aromatic rings. The molecule has 0 N–H and O–H groups in total. The van der Waals surface area contributed by atoms with Gasteiger partial charge in [0.2, 0.25) is 0 Å². The van der Waals surface area contributed by atoms with E-state index in [2.05, 4.69) is 6.92 Å². The first-order chi connectivity index (χ1) is 12.7. The fourth-order valence-electron chi connectivity index (χ4n) is 5.54. The minimum Gasteiger partial charge on any atom is -0.378 e. The highest BCUT2D eigenvalue weighted by atomic mass is 19.4. The number of alkyl halides is 4. The van der Waals surface area contributed by atoms with Crippen molar-refractivity contribution in [3.63, 3.8) is 0 Å². The standard InChI is InChI=1S/C21H32F4O2/c1-12-3-10-17(18(19(12)22)21(23,24)25)20(26)15-8-6-14(7-9-15)16-5-4-13(2)27-11-16/h12-19H,3-11H2,1-2H3. The molecule has 6 unspecified atom stereocenters. The maximum absolute atomic E-state index is 14.4. The molecule has 0 amide bonds. The summed E-state index contributed by atoms with van der Waals surface area (Å²) in [6.07, 6.45) is -0.579. The molecule has 0 aromatic carbocycles. The fourth-order valence-corrected chi connectivity index (χ4v) is 5.54. The summed E-state index contributed by atoms with van der Waals surface area (Å²) in [7, 11) is 0. The molecule has 0 bridgehead atoms. The van der Waals surface area contributed by atoms with Gasteiger partial charge in [-0.3, -0.25) is 4.79 Å². The third-order valence-corrected chi connectivity index (χ3v) is 7.38. The highest BCUT2D eigenvalue weighted by Gasteiger charge is 2.56. The second-order valence-electron chi connectivity index (χ2n) is 9.17. The molecular weight excluding hydrogens is 360 g/mol. The van der Waals surface area contributed by atoms with E-state index < -0.39 is 30.1 Å². The monoisotopic (exact) mass is 392 g/mol. The van der Waals surface area contributed by atoms with Gasteiger partial charge in [-0.05, 0) is 76.0 Å². The Balaban J connectivity index is 1.59. The largest absolute Gasteiger partial charge is 0.395 e. The number of hydrogen-bond acceptors (Lipinski definition) is 2. The zero-order valence-electron chi connectivity index (χ0n) is 16.3. The first kappa shape index (κ1) is 21.1. The van der Waals surface area contributed by atoms with Crippen molar-refractivity contribution in [3.05, 3.63) is 0 Å². The Bertz CT molecular complexity index is 505. The summed E-state index contributed by atoms with van der Waals surface area (Å²) >= 11 is 0. The zero-order chi connectivity index (χ0) is 19.8. The van der Waals surface area contributed by atoms with Crippen LogP contribution in [0.2, 0.25) is 0 Å². The molecule has 0 spiro atoms. The molecule has 6 atom stereocenters. The van der Waals surface area contributed by atoms with Crippen molar-refractivity contribution in [1.29, 1.82) is 0 Å². The molecule has 2 nitrogen and oxygen atoms in total. The summed E-state index contributed by atoms with van der Waals surface area (Å²) in [5.41, 5.74) is 0. The number of ether oxygens (including phenoxy) is 1. The van der Waals surface area contributed by atoms with Crippen molar-refractivity contribution >= 4 is 5.78 Å². The number of carbonyl (C=O) groups is 1. The predicted molar refractivity (Wildman–Crippen MR) is 94.9 cm³/mol. The SMILES string of the molecule is CC1CCC(C2CCC(C(=O)C3CCC(C)C(F)C3C(F)(F)F)CC2)CO1. The summed E-state index contributed by atoms with van der Waals surface area (Å²) in [4.78, 5) is 12.9. The molecule has 2 saturated carbocycles. The van der Waals surface area contributed by atoms with Crippen molar-refractivity contribution in [2.24, 2.45) is 35.5 Å². The summed E-state index contributed by atoms with van der Waals surface area (Å²) in [6.45, 7) is 4.35. The summed E-state index contributed by atoms with van der Waals surface area (Å²) < 4.78 is 60.5. The molecule has 1 heterocycles. The molecule has 0 aromatic heterocycles. The number of ketones is 1. The van der Waals surface area contributed by atoms with Crippen LogP contribution in [0.25, 0.3) is 0 Å². The van der Waals surface area contributed by atoms with E-state index in [-0.39, 0.29) is 18.1 Å². The van der Waals surface area contributed by atoms with E-state index in [0.29, 0.717) is 37.2 Å². The Morgan fingerprint density at radius 1 is 0.889 bits per heavy atom. The minimum atomic E-state index is -4.65. The number of halogens is 4. The van der Waals surface area contributed by atoms with Gasteiger partial charge in [0.15, 0.2) is 0 Å². The highest BCUT2D eigenvalue weighted by molar-refractivity contribution is 5.84. The lowest BCUT2D eigenvalue weighted by Gasteiger charge is -2.41. The average molecular weight is 392 g/mol. The lowest BCUT2D eigenvalue weighted by Crippen LogP contribution is -2.48. The van der Waals surface area contributed by atoms with Gasteiger partial charge in [0.1, 0.15) is 12.0 Å². The van der Waals surface area contributed by atoms with Crippen LogP contribution in [-0.2, 0) is 9.53 Å². The van der Waals surface area contributed by atoms with Gasteiger partial charge in [-0.1, -0.05) is 6.92 Å². The van der Waals surface area contributed by atoms with Crippen LogP contribution in [0.3, 0.4) is 0 Å². The van der Waals surface area contributed by atoms with E-state index in [1.807, 2.05) is 0 Å². The van der Waals surface area contributed by atoms with E-state index in [1.165, 1.54) is 6.92 Å². The summed E-state index contributed by atoms with van der Waals surface area (Å²) in [5, 5.41) is 0. The van der Waals surface area contributed by atoms with E-state index in [4.69, 9.17) is 4.74 Å². The number of carbonyl (C=O) groups excluding carboxylic acids is 1. The van der Waals surface area contributed by atoms with Crippen LogP contribution in [0.15, 0.2) is 0 Å². The smallest absolute Gasteiger partial charge is 0.378 e. The van der Waals surface area contributed by atoms with Crippen LogP contribution in [0, 0.1) is 35.5 Å². The van der Waals surface area contributed by atoms with Gasteiger partial charge >= 0.3 is 6.18 Å². The molecule has 3 aliphatic rings. The van der Waals surface area contributed by atoms with E-state index in [0.717, 1.165) is 32.3 Å². The fraction of sp³-hybridized carbons (Fsp3) is 0.952.